The first-order chi connectivity index (χ1) is 10.4. The minimum Gasteiger partial charge on any atom is -0.497 e. The van der Waals surface area contributed by atoms with Gasteiger partial charge in [0.1, 0.15) is 12.3 Å². The molecular weight excluding hydrogens is 302 g/mol. The topological polar surface area (TPSA) is 86.7 Å². The number of nitrogens with two attached hydrogens (primary N) is 1. The number of carbonyl (C=O) groups is 2. The molecule has 0 aliphatic carbocycles. The van der Waals surface area contributed by atoms with Crippen molar-refractivity contribution in [2.24, 2.45) is 10.7 Å². The fraction of sp³-hybridized carbons (Fsp3) is 0.267. The van der Waals surface area contributed by atoms with Crippen LogP contribution in [0.4, 0.5) is 0 Å². The van der Waals surface area contributed by atoms with Crippen molar-refractivity contribution < 1.29 is 14.3 Å². The van der Waals surface area contributed by atoms with Crippen molar-refractivity contribution in [3.63, 3.8) is 0 Å². The Morgan fingerprint density at radius 2 is 2.09 bits per heavy atom. The third-order valence-corrected chi connectivity index (χ3v) is 4.31. The molecule has 2 N–H and O–H groups in total. The van der Waals surface area contributed by atoms with E-state index in [1.165, 1.54) is 18.4 Å². The third-order valence-electron chi connectivity index (χ3n) is 3.22. The van der Waals surface area contributed by atoms with Gasteiger partial charge in [0.15, 0.2) is 4.80 Å². The summed E-state index contributed by atoms with van der Waals surface area (Å²) in [6, 6.07) is 6.77. The quantitative estimate of drug-likeness (QED) is 0.924. The fourth-order valence-corrected chi connectivity index (χ4v) is 2.90. The second-order valence-electron chi connectivity index (χ2n) is 4.73. The Balaban J connectivity index is 2.46. The van der Waals surface area contributed by atoms with Gasteiger partial charge < -0.3 is 15.0 Å². The molecule has 0 bridgehead atoms. The molecule has 1 aromatic heterocycles. The number of carbonyl (C=O) groups excluding carboxylic acids is 2. The number of benzene rings is 1. The van der Waals surface area contributed by atoms with E-state index in [9.17, 15) is 9.59 Å². The third kappa shape index (κ3) is 3.43. The monoisotopic (exact) mass is 319 g/mol. The minimum atomic E-state index is -0.476. The van der Waals surface area contributed by atoms with Crippen LogP contribution in [-0.4, -0.2) is 23.5 Å². The van der Waals surface area contributed by atoms with Crippen molar-refractivity contribution in [2.45, 2.75) is 20.4 Å². The number of nitrogens with zero attached hydrogens (tertiary/aromatic N) is 2. The van der Waals surface area contributed by atoms with Crippen LogP contribution in [0.15, 0.2) is 29.3 Å². The number of amides is 2. The average molecular weight is 319 g/mol. The first kappa shape index (κ1) is 16.0. The van der Waals surface area contributed by atoms with E-state index in [4.69, 9.17) is 10.5 Å². The second kappa shape index (κ2) is 6.57. The van der Waals surface area contributed by atoms with Crippen molar-refractivity contribution in [2.75, 3.05) is 7.11 Å². The van der Waals surface area contributed by atoms with Crippen LogP contribution in [0.25, 0.3) is 0 Å². The lowest BCUT2D eigenvalue weighted by molar-refractivity contribution is -0.118. The number of primary amides is 1. The summed E-state index contributed by atoms with van der Waals surface area (Å²) in [6.07, 6.45) is 0. The van der Waals surface area contributed by atoms with Gasteiger partial charge in [-0.3, -0.25) is 9.59 Å². The molecule has 116 valence electrons. The van der Waals surface area contributed by atoms with Crippen LogP contribution in [-0.2, 0) is 11.3 Å². The van der Waals surface area contributed by atoms with Crippen LogP contribution in [0.1, 0.15) is 20.9 Å². The molecule has 0 saturated carbocycles. The lowest BCUT2D eigenvalue weighted by atomic mass is 10.2. The molecule has 2 aromatic rings. The van der Waals surface area contributed by atoms with Gasteiger partial charge in [0, 0.05) is 16.1 Å². The van der Waals surface area contributed by atoms with Gasteiger partial charge in [0.2, 0.25) is 5.91 Å². The summed E-state index contributed by atoms with van der Waals surface area (Å²) < 4.78 is 6.75. The van der Waals surface area contributed by atoms with E-state index in [2.05, 4.69) is 4.99 Å². The van der Waals surface area contributed by atoms with Gasteiger partial charge in [-0.25, -0.2) is 0 Å². The number of rotatable bonds is 4. The number of aromatic nitrogens is 1. The Labute approximate surface area is 131 Å². The van der Waals surface area contributed by atoms with Gasteiger partial charge in [-0.05, 0) is 32.0 Å². The zero-order chi connectivity index (χ0) is 16.3. The van der Waals surface area contributed by atoms with Crippen molar-refractivity contribution in [3.8, 4) is 5.75 Å². The van der Waals surface area contributed by atoms with E-state index >= 15 is 0 Å². The second-order valence-corrected chi connectivity index (χ2v) is 5.91. The summed E-state index contributed by atoms with van der Waals surface area (Å²) in [5.74, 6) is -0.279. The number of hydrogen-bond donors (Lipinski definition) is 1. The normalized spacial score (nSPS) is 11.5. The highest BCUT2D eigenvalue weighted by molar-refractivity contribution is 7.09. The maximum absolute atomic E-state index is 12.3. The first-order valence-corrected chi connectivity index (χ1v) is 7.42. The largest absolute Gasteiger partial charge is 0.497 e. The van der Waals surface area contributed by atoms with Gasteiger partial charge in [0.25, 0.3) is 5.91 Å². The smallest absolute Gasteiger partial charge is 0.279 e. The van der Waals surface area contributed by atoms with E-state index in [-0.39, 0.29) is 6.54 Å². The predicted molar refractivity (Wildman–Crippen MR) is 83.9 cm³/mol. The maximum Gasteiger partial charge on any atom is 0.279 e. The van der Waals surface area contributed by atoms with Crippen LogP contribution in [0.5, 0.6) is 5.75 Å². The minimum absolute atomic E-state index is 0.000394. The molecule has 2 rings (SSSR count). The number of aryl methyl sites for hydroxylation is 1. The zero-order valence-electron chi connectivity index (χ0n) is 12.6. The lowest BCUT2D eigenvalue weighted by Crippen LogP contribution is -2.27. The van der Waals surface area contributed by atoms with Crippen LogP contribution in [0, 0.1) is 13.8 Å². The highest BCUT2D eigenvalue weighted by Crippen LogP contribution is 2.14. The Kier molecular flexibility index (Phi) is 4.77. The van der Waals surface area contributed by atoms with Crippen molar-refractivity contribution in [3.05, 3.63) is 45.2 Å². The zero-order valence-corrected chi connectivity index (χ0v) is 13.4. The molecule has 0 aliphatic heterocycles. The summed E-state index contributed by atoms with van der Waals surface area (Å²) in [6.45, 7) is 3.77. The van der Waals surface area contributed by atoms with Gasteiger partial charge in [0.05, 0.1) is 7.11 Å². The van der Waals surface area contributed by atoms with E-state index in [0.717, 1.165) is 10.6 Å². The molecular formula is C15H17N3O3S. The fourth-order valence-electron chi connectivity index (χ4n) is 1.93. The number of methoxy groups -OCH3 is 1. The highest BCUT2D eigenvalue weighted by Gasteiger charge is 2.11. The van der Waals surface area contributed by atoms with Gasteiger partial charge >= 0.3 is 0 Å². The number of thiazole rings is 1. The Hall–Kier alpha value is -2.41. The molecule has 22 heavy (non-hydrogen) atoms. The van der Waals surface area contributed by atoms with Gasteiger partial charge in [-0.1, -0.05) is 6.07 Å². The lowest BCUT2D eigenvalue weighted by Gasteiger charge is -2.03. The molecule has 0 atom stereocenters. The predicted octanol–water partition coefficient (Wildman–Crippen LogP) is 1.40. The van der Waals surface area contributed by atoms with Gasteiger partial charge in [-0.2, -0.15) is 4.99 Å². The highest BCUT2D eigenvalue weighted by atomic mass is 32.1. The number of hydrogen-bond acceptors (Lipinski definition) is 4. The van der Waals surface area contributed by atoms with Crippen molar-refractivity contribution in [1.29, 1.82) is 0 Å². The van der Waals surface area contributed by atoms with Gasteiger partial charge in [-0.15, -0.1) is 11.3 Å². The average Bonchev–Trinajstić information content (AvgIpc) is 2.74. The molecule has 0 radical (unpaired) electrons. The summed E-state index contributed by atoms with van der Waals surface area (Å²) in [5.41, 5.74) is 6.55. The maximum atomic E-state index is 12.3. The molecule has 0 fully saturated rings. The first-order valence-electron chi connectivity index (χ1n) is 6.60. The van der Waals surface area contributed by atoms with Crippen LogP contribution in [0.3, 0.4) is 0 Å². The summed E-state index contributed by atoms with van der Waals surface area (Å²) in [7, 11) is 1.54. The standard InChI is InChI=1S/C15H17N3O3S/c1-9-10(2)22-15(18(9)8-13(16)19)17-14(20)11-5-4-6-12(7-11)21-3/h4-7H,8H2,1-3H3,(H2,16,19). The van der Waals surface area contributed by atoms with Crippen LogP contribution in [0.2, 0.25) is 0 Å². The molecule has 0 unspecified atom stereocenters. The molecule has 0 spiro atoms. The Morgan fingerprint density at radius 1 is 1.36 bits per heavy atom. The van der Waals surface area contributed by atoms with Crippen molar-refractivity contribution in [1.82, 2.24) is 4.57 Å². The van der Waals surface area contributed by atoms with Crippen LogP contribution < -0.4 is 15.3 Å². The molecule has 1 heterocycles. The molecule has 0 saturated heterocycles. The summed E-state index contributed by atoms with van der Waals surface area (Å²) in [4.78, 5) is 29.0. The molecule has 2 amide bonds. The van der Waals surface area contributed by atoms with Crippen LogP contribution >= 0.6 is 11.3 Å². The van der Waals surface area contributed by atoms with Crippen molar-refractivity contribution >= 4 is 23.2 Å². The summed E-state index contributed by atoms with van der Waals surface area (Å²) in [5, 5.41) is 0. The molecule has 1 aromatic carbocycles. The molecule has 7 heteroatoms. The van der Waals surface area contributed by atoms with E-state index in [0.29, 0.717) is 16.1 Å². The Morgan fingerprint density at radius 3 is 2.73 bits per heavy atom. The van der Waals surface area contributed by atoms with E-state index < -0.39 is 11.8 Å². The van der Waals surface area contributed by atoms with E-state index in [1.807, 2.05) is 13.8 Å². The molecule has 6 nitrogen and oxygen atoms in total. The van der Waals surface area contributed by atoms with E-state index in [1.54, 1.807) is 28.8 Å². The summed E-state index contributed by atoms with van der Waals surface area (Å²) >= 11 is 1.35. The Bertz CT molecular complexity index is 790. The molecule has 0 aliphatic rings. The SMILES string of the molecule is COc1cccc(C(=O)N=c2sc(C)c(C)n2CC(N)=O)c1. The number of ether oxygens (including phenoxy) is 1.